The van der Waals surface area contributed by atoms with Crippen molar-refractivity contribution in [3.05, 3.63) is 53.4 Å². The van der Waals surface area contributed by atoms with Gasteiger partial charge in [-0.3, -0.25) is 0 Å². The summed E-state index contributed by atoms with van der Waals surface area (Å²) in [6.45, 7) is 0.800. The summed E-state index contributed by atoms with van der Waals surface area (Å²) in [4.78, 5) is 4.11. The minimum absolute atomic E-state index is 0.00259. The Hall–Kier alpha value is -1.65. The van der Waals surface area contributed by atoms with Crippen molar-refractivity contribution >= 4 is 21.4 Å². The van der Waals surface area contributed by atoms with Gasteiger partial charge in [0.25, 0.3) is 0 Å². The first-order chi connectivity index (χ1) is 8.36. The quantitative estimate of drug-likeness (QED) is 0.769. The molecule has 0 fully saturated rings. The maximum Gasteiger partial charge on any atom is 0.0953 e. The molecule has 17 heavy (non-hydrogen) atoms. The number of nitrogens with zero attached hydrogens (tertiary/aromatic N) is 2. The number of thiophene rings is 1. The van der Waals surface area contributed by atoms with Crippen LogP contribution in [0.4, 0.5) is 0 Å². The fourth-order valence-electron chi connectivity index (χ4n) is 1.93. The van der Waals surface area contributed by atoms with Crippen molar-refractivity contribution in [1.82, 2.24) is 9.55 Å². The van der Waals surface area contributed by atoms with Gasteiger partial charge in [0.05, 0.1) is 18.6 Å². The van der Waals surface area contributed by atoms with E-state index in [2.05, 4.69) is 34.6 Å². The molecule has 2 aromatic heterocycles. The third-order valence-corrected chi connectivity index (χ3v) is 3.78. The van der Waals surface area contributed by atoms with E-state index in [-0.39, 0.29) is 6.61 Å². The van der Waals surface area contributed by atoms with E-state index in [9.17, 15) is 0 Å². The number of aromatic nitrogens is 2. The molecular formula is C13H12N2OS. The first kappa shape index (κ1) is 10.5. The number of aliphatic hydroxyl groups excluding tert-OH is 1. The van der Waals surface area contributed by atoms with E-state index < -0.39 is 0 Å². The predicted octanol–water partition coefficient (Wildman–Crippen LogP) is 2.64. The van der Waals surface area contributed by atoms with Gasteiger partial charge in [-0.25, -0.2) is 4.98 Å². The molecule has 0 aliphatic heterocycles. The van der Waals surface area contributed by atoms with E-state index in [1.807, 2.05) is 10.8 Å². The van der Waals surface area contributed by atoms with Gasteiger partial charge < -0.3 is 9.67 Å². The molecule has 3 nitrogen and oxygen atoms in total. The number of rotatable bonds is 3. The molecule has 1 aromatic carbocycles. The Bertz CT molecular complexity index is 641. The predicted molar refractivity (Wildman–Crippen MR) is 69.1 cm³/mol. The molecule has 0 radical (unpaired) electrons. The summed E-state index contributed by atoms with van der Waals surface area (Å²) >= 11 is 1.76. The maximum atomic E-state index is 8.98. The molecule has 86 valence electrons. The van der Waals surface area contributed by atoms with E-state index in [0.717, 1.165) is 6.54 Å². The number of hydrogen-bond donors (Lipinski definition) is 1. The van der Waals surface area contributed by atoms with Crippen LogP contribution in [0.2, 0.25) is 0 Å². The first-order valence-corrected chi connectivity index (χ1v) is 6.31. The largest absolute Gasteiger partial charge is 0.390 e. The van der Waals surface area contributed by atoms with Crippen LogP contribution < -0.4 is 0 Å². The molecule has 0 saturated heterocycles. The third kappa shape index (κ3) is 1.97. The normalized spacial score (nSPS) is 11.1. The average molecular weight is 244 g/mol. The summed E-state index contributed by atoms with van der Waals surface area (Å²) in [5, 5.41) is 12.5. The van der Waals surface area contributed by atoms with Gasteiger partial charge >= 0.3 is 0 Å². The Morgan fingerprint density at radius 3 is 3.00 bits per heavy atom. The molecule has 0 spiro atoms. The second-order valence-corrected chi connectivity index (χ2v) is 4.86. The van der Waals surface area contributed by atoms with Gasteiger partial charge in [-0.1, -0.05) is 18.2 Å². The van der Waals surface area contributed by atoms with Crippen LogP contribution in [0.3, 0.4) is 0 Å². The molecular weight excluding hydrogens is 232 g/mol. The van der Waals surface area contributed by atoms with Crippen molar-refractivity contribution in [1.29, 1.82) is 0 Å². The Balaban J connectivity index is 1.94. The topological polar surface area (TPSA) is 38.0 Å². The summed E-state index contributed by atoms with van der Waals surface area (Å²) < 4.78 is 3.31. The van der Waals surface area contributed by atoms with Crippen molar-refractivity contribution in [2.45, 2.75) is 13.2 Å². The van der Waals surface area contributed by atoms with Gasteiger partial charge in [0.2, 0.25) is 0 Å². The van der Waals surface area contributed by atoms with Gasteiger partial charge in [-0.15, -0.1) is 11.3 Å². The molecule has 1 N–H and O–H groups in total. The molecule has 2 heterocycles. The Labute approximate surface area is 103 Å². The minimum atomic E-state index is -0.00259. The van der Waals surface area contributed by atoms with Crippen molar-refractivity contribution < 1.29 is 5.11 Å². The van der Waals surface area contributed by atoms with E-state index in [1.165, 1.54) is 15.6 Å². The average Bonchev–Trinajstić information content (AvgIpc) is 2.97. The molecule has 0 bridgehead atoms. The van der Waals surface area contributed by atoms with Crippen LogP contribution in [-0.4, -0.2) is 14.7 Å². The van der Waals surface area contributed by atoms with Crippen LogP contribution in [-0.2, 0) is 13.2 Å². The van der Waals surface area contributed by atoms with Crippen LogP contribution >= 0.6 is 11.3 Å². The SMILES string of the molecule is OCc1cn(Cc2csc3ccccc23)cn1. The second-order valence-electron chi connectivity index (χ2n) is 3.95. The van der Waals surface area contributed by atoms with Crippen molar-refractivity contribution in [3.8, 4) is 0 Å². The zero-order chi connectivity index (χ0) is 11.7. The Morgan fingerprint density at radius 2 is 2.18 bits per heavy atom. The standard InChI is InChI=1S/C13H12N2OS/c16-7-11-6-15(9-14-11)5-10-8-17-13-4-2-1-3-12(10)13/h1-4,6,8-9,16H,5,7H2. The van der Waals surface area contributed by atoms with Gasteiger partial charge in [0.1, 0.15) is 0 Å². The zero-order valence-corrected chi connectivity index (χ0v) is 10.0. The lowest BCUT2D eigenvalue weighted by atomic mass is 10.2. The summed E-state index contributed by atoms with van der Waals surface area (Å²) in [5.41, 5.74) is 2.01. The van der Waals surface area contributed by atoms with Crippen LogP contribution in [0, 0.1) is 0 Å². The minimum Gasteiger partial charge on any atom is -0.390 e. The van der Waals surface area contributed by atoms with E-state index in [4.69, 9.17) is 5.11 Å². The van der Waals surface area contributed by atoms with E-state index in [0.29, 0.717) is 5.69 Å². The number of hydrogen-bond acceptors (Lipinski definition) is 3. The van der Waals surface area contributed by atoms with Gasteiger partial charge in [0.15, 0.2) is 0 Å². The van der Waals surface area contributed by atoms with Crippen molar-refractivity contribution in [2.75, 3.05) is 0 Å². The summed E-state index contributed by atoms with van der Waals surface area (Å²) in [7, 11) is 0. The van der Waals surface area contributed by atoms with Crippen LogP contribution in [0.5, 0.6) is 0 Å². The zero-order valence-electron chi connectivity index (χ0n) is 9.21. The molecule has 0 amide bonds. The second kappa shape index (κ2) is 4.31. The summed E-state index contributed by atoms with van der Waals surface area (Å²) in [5.74, 6) is 0. The molecule has 3 aromatic rings. The monoisotopic (exact) mass is 244 g/mol. The van der Waals surface area contributed by atoms with Crippen LogP contribution in [0.15, 0.2) is 42.2 Å². The highest BCUT2D eigenvalue weighted by molar-refractivity contribution is 7.17. The Kier molecular flexibility index (Phi) is 2.66. The van der Waals surface area contributed by atoms with Crippen molar-refractivity contribution in [3.63, 3.8) is 0 Å². The van der Waals surface area contributed by atoms with E-state index in [1.54, 1.807) is 17.7 Å². The molecule has 0 atom stereocenters. The summed E-state index contributed by atoms with van der Waals surface area (Å²) in [6, 6.07) is 8.40. The highest BCUT2D eigenvalue weighted by Crippen LogP contribution is 2.26. The number of benzene rings is 1. The highest BCUT2D eigenvalue weighted by atomic mass is 32.1. The molecule has 0 saturated carbocycles. The molecule has 0 aliphatic rings. The summed E-state index contributed by atoms with van der Waals surface area (Å²) in [6.07, 6.45) is 3.64. The van der Waals surface area contributed by atoms with Crippen LogP contribution in [0.25, 0.3) is 10.1 Å². The Morgan fingerprint density at radius 1 is 1.29 bits per heavy atom. The number of fused-ring (bicyclic) bond motifs is 1. The van der Waals surface area contributed by atoms with Gasteiger partial charge in [-0.05, 0) is 22.4 Å². The lowest BCUT2D eigenvalue weighted by Crippen LogP contribution is -1.95. The molecule has 4 heteroatoms. The smallest absolute Gasteiger partial charge is 0.0953 e. The van der Waals surface area contributed by atoms with Crippen LogP contribution in [0.1, 0.15) is 11.3 Å². The fraction of sp³-hybridized carbons (Fsp3) is 0.154. The third-order valence-electron chi connectivity index (χ3n) is 2.76. The molecule has 0 aliphatic carbocycles. The fourth-order valence-corrected chi connectivity index (χ4v) is 2.88. The number of aliphatic hydroxyl groups is 1. The number of imidazole rings is 1. The van der Waals surface area contributed by atoms with Gasteiger partial charge in [-0.2, -0.15) is 0 Å². The van der Waals surface area contributed by atoms with Crippen molar-refractivity contribution in [2.24, 2.45) is 0 Å². The first-order valence-electron chi connectivity index (χ1n) is 5.43. The lowest BCUT2D eigenvalue weighted by molar-refractivity contribution is 0.277. The molecule has 0 unspecified atom stereocenters. The van der Waals surface area contributed by atoms with E-state index >= 15 is 0 Å². The highest BCUT2D eigenvalue weighted by Gasteiger charge is 2.04. The lowest BCUT2D eigenvalue weighted by Gasteiger charge is -2.00. The van der Waals surface area contributed by atoms with Gasteiger partial charge in [0, 0.05) is 17.4 Å². The maximum absolute atomic E-state index is 8.98. The molecule has 3 rings (SSSR count).